The Kier molecular flexibility index (Phi) is 8.89. The topological polar surface area (TPSA) is 156 Å². The van der Waals surface area contributed by atoms with Crippen molar-refractivity contribution in [3.63, 3.8) is 0 Å². The Bertz CT molecular complexity index is 1070. The van der Waals surface area contributed by atoms with Gasteiger partial charge < -0.3 is 30.5 Å². The normalized spacial score (nSPS) is 14.3. The van der Waals surface area contributed by atoms with E-state index >= 15 is 0 Å². The molecule has 0 radical (unpaired) electrons. The molecule has 1 aliphatic rings. The van der Waals surface area contributed by atoms with E-state index in [2.05, 4.69) is 15.0 Å². The molecule has 190 valence electrons. The zero-order chi connectivity index (χ0) is 25.5. The quantitative estimate of drug-likeness (QED) is 0.392. The van der Waals surface area contributed by atoms with E-state index in [4.69, 9.17) is 15.2 Å². The van der Waals surface area contributed by atoms with Gasteiger partial charge in [-0.05, 0) is 36.2 Å². The van der Waals surface area contributed by atoms with Gasteiger partial charge in [0.15, 0.2) is 0 Å². The molecule has 0 bridgehead atoms. The smallest absolute Gasteiger partial charge is 0.320 e. The van der Waals surface area contributed by atoms with Crippen molar-refractivity contribution in [1.29, 1.82) is 0 Å². The highest BCUT2D eigenvalue weighted by Crippen LogP contribution is 2.31. The van der Waals surface area contributed by atoms with E-state index in [1.807, 2.05) is 0 Å². The second-order valence-corrected chi connectivity index (χ2v) is 8.51. The number of rotatable bonds is 9. The van der Waals surface area contributed by atoms with Gasteiger partial charge in [-0.1, -0.05) is 0 Å². The molecule has 2 aromatic rings. The van der Waals surface area contributed by atoms with Gasteiger partial charge in [0.05, 0.1) is 31.3 Å². The second kappa shape index (κ2) is 11.9. The van der Waals surface area contributed by atoms with Crippen LogP contribution in [0.5, 0.6) is 5.88 Å². The van der Waals surface area contributed by atoms with Gasteiger partial charge in [-0.2, -0.15) is 4.37 Å². The van der Waals surface area contributed by atoms with E-state index in [1.165, 1.54) is 6.92 Å². The van der Waals surface area contributed by atoms with Gasteiger partial charge in [0, 0.05) is 19.6 Å². The molecule has 2 heterocycles. The van der Waals surface area contributed by atoms with Crippen molar-refractivity contribution in [3.8, 4) is 5.88 Å². The number of aliphatic hydroxyl groups is 1. The number of hydrogen-bond donors (Lipinski definition) is 4. The van der Waals surface area contributed by atoms with Gasteiger partial charge in [0.2, 0.25) is 11.8 Å². The highest BCUT2D eigenvalue weighted by Gasteiger charge is 2.24. The van der Waals surface area contributed by atoms with Gasteiger partial charge in [-0.3, -0.25) is 14.9 Å². The third-order valence-corrected chi connectivity index (χ3v) is 5.79. The number of urea groups is 1. The van der Waals surface area contributed by atoms with Crippen LogP contribution in [0, 0.1) is 18.6 Å². The summed E-state index contributed by atoms with van der Waals surface area (Å²) in [6, 6.07) is 1.48. The summed E-state index contributed by atoms with van der Waals surface area (Å²) in [5, 5.41) is 14.8. The number of nitrogens with one attached hydrogen (secondary N) is 2. The monoisotopic (exact) mass is 513 g/mol. The van der Waals surface area contributed by atoms with E-state index in [-0.39, 0.29) is 40.9 Å². The minimum absolute atomic E-state index is 0.0614. The van der Waals surface area contributed by atoms with Crippen LogP contribution in [0.15, 0.2) is 12.1 Å². The van der Waals surface area contributed by atoms with Crippen LogP contribution >= 0.6 is 11.5 Å². The van der Waals surface area contributed by atoms with Gasteiger partial charge in [0.1, 0.15) is 28.8 Å². The van der Waals surface area contributed by atoms with E-state index in [0.29, 0.717) is 43.4 Å². The van der Waals surface area contributed by atoms with Gasteiger partial charge in [-0.15, -0.1) is 0 Å². The Labute approximate surface area is 203 Å². The van der Waals surface area contributed by atoms with E-state index in [0.717, 1.165) is 12.1 Å². The fourth-order valence-corrected chi connectivity index (χ4v) is 3.99. The van der Waals surface area contributed by atoms with Crippen LogP contribution in [0.25, 0.3) is 0 Å². The summed E-state index contributed by atoms with van der Waals surface area (Å²) < 4.78 is 42.4. The number of primary amides is 1. The lowest BCUT2D eigenvalue weighted by Crippen LogP contribution is -2.43. The molecule has 5 N–H and O–H groups in total. The number of morpholine rings is 1. The molecule has 1 aliphatic heterocycles. The minimum atomic E-state index is -1.13. The van der Waals surface area contributed by atoms with Crippen molar-refractivity contribution in [2.75, 3.05) is 38.2 Å². The number of amides is 4. The molecule has 1 aromatic heterocycles. The molecule has 0 spiro atoms. The first-order chi connectivity index (χ1) is 16.7. The minimum Gasteiger partial charge on any atom is -0.471 e. The average molecular weight is 514 g/mol. The Balaban J connectivity index is 1.55. The number of ether oxygens (including phenoxy) is 2. The number of halogens is 2. The van der Waals surface area contributed by atoms with Crippen molar-refractivity contribution in [3.05, 3.63) is 40.5 Å². The number of hydrogen-bond acceptors (Lipinski definition) is 8. The van der Waals surface area contributed by atoms with Gasteiger partial charge in [0.25, 0.3) is 5.91 Å². The second-order valence-electron chi connectivity index (χ2n) is 7.74. The third-order valence-electron chi connectivity index (χ3n) is 5.05. The predicted octanol–water partition coefficient (Wildman–Crippen LogP) is 1.14. The van der Waals surface area contributed by atoms with Crippen LogP contribution in [0.1, 0.15) is 27.9 Å². The molecule has 1 fully saturated rings. The maximum absolute atomic E-state index is 14.0. The summed E-state index contributed by atoms with van der Waals surface area (Å²) in [5.41, 5.74) is 5.13. The molecule has 1 saturated heterocycles. The molecular weight excluding hydrogens is 488 g/mol. The molecule has 4 amide bonds. The first-order valence-corrected chi connectivity index (χ1v) is 11.4. The Morgan fingerprint density at radius 3 is 2.57 bits per heavy atom. The molecular formula is C21H25F2N5O6S. The number of aromatic nitrogens is 1. The summed E-state index contributed by atoms with van der Waals surface area (Å²) in [7, 11) is 0. The van der Waals surface area contributed by atoms with Crippen molar-refractivity contribution < 1.29 is 37.7 Å². The number of aryl methyl sites for hydroxylation is 1. The fourth-order valence-electron chi connectivity index (χ4n) is 3.26. The largest absolute Gasteiger partial charge is 0.471 e. The van der Waals surface area contributed by atoms with Crippen LogP contribution in [0.4, 0.5) is 18.6 Å². The van der Waals surface area contributed by atoms with Gasteiger partial charge >= 0.3 is 6.03 Å². The van der Waals surface area contributed by atoms with Gasteiger partial charge in [-0.25, -0.2) is 13.6 Å². The molecule has 0 aliphatic carbocycles. The van der Waals surface area contributed by atoms with Crippen LogP contribution in [0.3, 0.4) is 0 Å². The van der Waals surface area contributed by atoms with Crippen molar-refractivity contribution in [1.82, 2.24) is 14.6 Å². The number of nitrogens with zero attached hydrogens (tertiary/aromatic N) is 2. The lowest BCUT2D eigenvalue weighted by molar-refractivity contribution is -0.137. The standard InChI is InChI=1S/C21H25F2N5O6S/c1-11-6-14(22)13(15(23)7-11)10-34-19-17(18(24)31)20(35-27-19)26-21(32)25-9-12(29)8-16(30)28-2-4-33-5-3-28/h6-7,12,29H,2-5,8-10H2,1H3,(H2,24,31)(H2,25,26,32). The Morgan fingerprint density at radius 1 is 1.29 bits per heavy atom. The van der Waals surface area contributed by atoms with Crippen LogP contribution < -0.4 is 21.1 Å². The molecule has 1 unspecified atom stereocenters. The number of benzene rings is 1. The summed E-state index contributed by atoms with van der Waals surface area (Å²) in [5.74, 6) is -3.17. The Morgan fingerprint density at radius 2 is 1.94 bits per heavy atom. The molecule has 35 heavy (non-hydrogen) atoms. The van der Waals surface area contributed by atoms with E-state index < -0.39 is 36.3 Å². The fraction of sp³-hybridized carbons (Fsp3) is 0.429. The molecule has 1 aromatic carbocycles. The number of anilines is 1. The summed E-state index contributed by atoms with van der Waals surface area (Å²) in [6.07, 6.45) is -1.32. The lowest BCUT2D eigenvalue weighted by Gasteiger charge is -2.27. The SMILES string of the molecule is Cc1cc(F)c(COc2nsc(NC(=O)NCC(O)CC(=O)N3CCOCC3)c2C(N)=O)c(F)c1. The van der Waals surface area contributed by atoms with E-state index in [1.54, 1.807) is 4.90 Å². The van der Waals surface area contributed by atoms with Crippen LogP contribution in [-0.4, -0.2) is 71.2 Å². The van der Waals surface area contributed by atoms with Crippen molar-refractivity contribution in [2.45, 2.75) is 26.1 Å². The number of nitrogens with two attached hydrogens (primary N) is 1. The Hall–Kier alpha value is -3.36. The molecule has 3 rings (SSSR count). The molecule has 14 heteroatoms. The highest BCUT2D eigenvalue weighted by molar-refractivity contribution is 7.11. The predicted molar refractivity (Wildman–Crippen MR) is 121 cm³/mol. The number of carbonyl (C=O) groups excluding carboxylic acids is 3. The lowest BCUT2D eigenvalue weighted by atomic mass is 10.1. The molecule has 11 nitrogen and oxygen atoms in total. The molecule has 1 atom stereocenters. The number of carbonyl (C=O) groups is 3. The summed E-state index contributed by atoms with van der Waals surface area (Å²) >= 11 is 0.672. The molecule has 0 saturated carbocycles. The highest BCUT2D eigenvalue weighted by atomic mass is 32.1. The first-order valence-electron chi connectivity index (χ1n) is 10.6. The van der Waals surface area contributed by atoms with Crippen LogP contribution in [-0.2, 0) is 16.1 Å². The van der Waals surface area contributed by atoms with Crippen molar-refractivity contribution in [2.24, 2.45) is 5.73 Å². The third kappa shape index (κ3) is 7.07. The van der Waals surface area contributed by atoms with Crippen molar-refractivity contribution >= 4 is 34.4 Å². The first kappa shape index (κ1) is 26.2. The zero-order valence-electron chi connectivity index (χ0n) is 18.8. The van der Waals surface area contributed by atoms with Crippen LogP contribution in [0.2, 0.25) is 0 Å². The maximum atomic E-state index is 14.0. The zero-order valence-corrected chi connectivity index (χ0v) is 19.6. The van der Waals surface area contributed by atoms with E-state index in [9.17, 15) is 28.3 Å². The number of aliphatic hydroxyl groups excluding tert-OH is 1. The summed E-state index contributed by atoms with van der Waals surface area (Å²) in [4.78, 5) is 37.9. The summed E-state index contributed by atoms with van der Waals surface area (Å²) in [6.45, 7) is 2.48. The maximum Gasteiger partial charge on any atom is 0.320 e. The average Bonchev–Trinajstić information content (AvgIpc) is 3.20.